The third-order valence-corrected chi connectivity index (χ3v) is 6.29. The van der Waals surface area contributed by atoms with Crippen LogP contribution >= 0.6 is 0 Å². The van der Waals surface area contributed by atoms with Crippen molar-refractivity contribution >= 4 is 23.0 Å². The van der Waals surface area contributed by atoms with Gasteiger partial charge in [0.25, 0.3) is 0 Å². The van der Waals surface area contributed by atoms with Gasteiger partial charge in [0.05, 0.1) is 0 Å². The van der Waals surface area contributed by atoms with Crippen LogP contribution in [0.4, 0.5) is 4.79 Å². The normalized spacial score (nSPS) is 11.6. The Hall–Kier alpha value is -4.39. The molecule has 1 heterocycles. The van der Waals surface area contributed by atoms with Crippen LogP contribution in [0.3, 0.4) is 0 Å². The Balaban J connectivity index is 1.48. The van der Waals surface area contributed by atoms with Gasteiger partial charge in [-0.05, 0) is 49.1 Å². The van der Waals surface area contributed by atoms with Crippen LogP contribution < -0.4 is 15.7 Å². The summed E-state index contributed by atoms with van der Waals surface area (Å²) >= 11 is 0. The van der Waals surface area contributed by atoms with E-state index >= 15 is 0 Å². The number of carbonyl (C=O) groups is 2. The van der Waals surface area contributed by atoms with Crippen LogP contribution in [0.2, 0.25) is 0 Å². The van der Waals surface area contributed by atoms with Crippen molar-refractivity contribution in [3.8, 4) is 5.75 Å². The van der Waals surface area contributed by atoms with Crippen LogP contribution in [0.5, 0.6) is 5.75 Å². The molecule has 0 bridgehead atoms. The molecule has 0 aliphatic carbocycles. The van der Waals surface area contributed by atoms with Gasteiger partial charge in [0.2, 0.25) is 0 Å². The third kappa shape index (κ3) is 6.06. The zero-order valence-electron chi connectivity index (χ0n) is 21.1. The highest BCUT2D eigenvalue weighted by molar-refractivity contribution is 5.88. The zero-order valence-corrected chi connectivity index (χ0v) is 21.1. The molecule has 1 aromatic heterocycles. The summed E-state index contributed by atoms with van der Waals surface area (Å²) in [7, 11) is 0. The van der Waals surface area contributed by atoms with Gasteiger partial charge in [0.15, 0.2) is 0 Å². The molecule has 0 unspecified atom stereocenters. The summed E-state index contributed by atoms with van der Waals surface area (Å²) < 4.78 is 16.5. The number of carbonyl (C=O) groups excluding carboxylic acids is 2. The highest BCUT2D eigenvalue weighted by Gasteiger charge is 2.24. The lowest BCUT2D eigenvalue weighted by Crippen LogP contribution is -2.42. The predicted molar refractivity (Wildman–Crippen MR) is 141 cm³/mol. The fraction of sp³-hybridized carbons (Fsp3) is 0.233. The quantitative estimate of drug-likeness (QED) is 0.192. The maximum Gasteiger partial charge on any atom is 0.408 e. The molecule has 7 nitrogen and oxygen atoms in total. The topological polar surface area (TPSA) is 94.8 Å². The molecule has 37 heavy (non-hydrogen) atoms. The van der Waals surface area contributed by atoms with Gasteiger partial charge < -0.3 is 19.2 Å². The molecule has 3 aromatic carbocycles. The molecular formula is C30H29NO6. The Labute approximate surface area is 215 Å². The molecule has 0 radical (unpaired) electrons. The Morgan fingerprint density at radius 1 is 0.892 bits per heavy atom. The van der Waals surface area contributed by atoms with Gasteiger partial charge in [-0.3, -0.25) is 0 Å². The average Bonchev–Trinajstić information content (AvgIpc) is 2.91. The molecule has 0 fully saturated rings. The molecule has 7 heteroatoms. The van der Waals surface area contributed by atoms with Crippen molar-refractivity contribution in [2.75, 3.05) is 0 Å². The van der Waals surface area contributed by atoms with Crippen LogP contribution in [0, 0.1) is 13.8 Å². The smallest absolute Gasteiger partial charge is 0.408 e. The summed E-state index contributed by atoms with van der Waals surface area (Å²) in [4.78, 5) is 37.9. The molecule has 190 valence electrons. The monoisotopic (exact) mass is 499 g/mol. The standard InChI is InChI=1S/C30H29NO6/c1-4-25(31-30(34)35-18-22-13-9-6-10-14-22)29(33)36-26-16-15-23-19(2)24(17-21-11-7-5-8-12-21)28(32)37-27(23)20(26)3/h5-16,25H,4,17-18H2,1-3H3,(H,31,34)/t25-/m0/s1. The van der Waals surface area contributed by atoms with Crippen LogP contribution in [0.1, 0.15) is 41.2 Å². The molecule has 1 atom stereocenters. The summed E-state index contributed by atoms with van der Waals surface area (Å²) in [6.45, 7) is 5.47. The molecule has 0 saturated carbocycles. The molecule has 0 spiro atoms. The second-order valence-corrected chi connectivity index (χ2v) is 8.81. The summed E-state index contributed by atoms with van der Waals surface area (Å²) in [5.74, 6) is -0.379. The van der Waals surface area contributed by atoms with Crippen molar-refractivity contribution in [1.82, 2.24) is 5.32 Å². The summed E-state index contributed by atoms with van der Waals surface area (Å²) in [5.41, 5.74) is 3.74. The summed E-state index contributed by atoms with van der Waals surface area (Å²) in [5, 5.41) is 3.33. The van der Waals surface area contributed by atoms with Gasteiger partial charge in [0, 0.05) is 22.9 Å². The van der Waals surface area contributed by atoms with Gasteiger partial charge in [-0.25, -0.2) is 14.4 Å². The lowest BCUT2D eigenvalue weighted by atomic mass is 9.98. The van der Waals surface area contributed by atoms with E-state index in [1.165, 1.54) is 0 Å². The SMILES string of the molecule is CC[C@H](NC(=O)OCc1ccccc1)C(=O)Oc1ccc2c(C)c(Cc3ccccc3)c(=O)oc2c1C. The van der Waals surface area contributed by atoms with Gasteiger partial charge >= 0.3 is 17.7 Å². The van der Waals surface area contributed by atoms with Crippen LogP contribution in [-0.4, -0.2) is 18.1 Å². The largest absolute Gasteiger partial charge is 0.445 e. The number of fused-ring (bicyclic) bond motifs is 1. The number of hydrogen-bond acceptors (Lipinski definition) is 6. The molecular weight excluding hydrogens is 470 g/mol. The number of hydrogen-bond donors (Lipinski definition) is 1. The predicted octanol–water partition coefficient (Wildman–Crippen LogP) is 5.61. The molecule has 1 N–H and O–H groups in total. The first-order valence-electron chi connectivity index (χ1n) is 12.2. The highest BCUT2D eigenvalue weighted by Crippen LogP contribution is 2.30. The van der Waals surface area contributed by atoms with E-state index in [-0.39, 0.29) is 12.4 Å². The second-order valence-electron chi connectivity index (χ2n) is 8.81. The minimum Gasteiger partial charge on any atom is -0.445 e. The Morgan fingerprint density at radius 3 is 2.19 bits per heavy atom. The second kappa shape index (κ2) is 11.6. The summed E-state index contributed by atoms with van der Waals surface area (Å²) in [6, 6.07) is 21.5. The number of alkyl carbamates (subject to hydrolysis) is 1. The van der Waals surface area contributed by atoms with E-state index in [9.17, 15) is 14.4 Å². The van der Waals surface area contributed by atoms with E-state index in [1.807, 2.05) is 67.6 Å². The van der Waals surface area contributed by atoms with Crippen molar-refractivity contribution in [2.24, 2.45) is 0 Å². The molecule has 4 aromatic rings. The van der Waals surface area contributed by atoms with E-state index in [0.29, 0.717) is 29.6 Å². The number of aryl methyl sites for hydroxylation is 2. The van der Waals surface area contributed by atoms with Crippen molar-refractivity contribution in [2.45, 2.75) is 46.3 Å². The van der Waals surface area contributed by atoms with Crippen molar-refractivity contribution in [1.29, 1.82) is 0 Å². The lowest BCUT2D eigenvalue weighted by Gasteiger charge is -2.17. The van der Waals surface area contributed by atoms with Crippen molar-refractivity contribution in [3.63, 3.8) is 0 Å². The van der Waals surface area contributed by atoms with Crippen molar-refractivity contribution in [3.05, 3.63) is 111 Å². The Bertz CT molecular complexity index is 1460. The minimum atomic E-state index is -0.902. The fourth-order valence-electron chi connectivity index (χ4n) is 4.10. The first-order chi connectivity index (χ1) is 17.9. The van der Waals surface area contributed by atoms with Gasteiger partial charge in [-0.1, -0.05) is 67.6 Å². The van der Waals surface area contributed by atoms with E-state index in [1.54, 1.807) is 26.0 Å². The maximum absolute atomic E-state index is 12.8. The number of amides is 1. The number of ether oxygens (including phenoxy) is 2. The van der Waals surface area contributed by atoms with Crippen LogP contribution in [0.25, 0.3) is 11.0 Å². The number of esters is 1. The van der Waals surface area contributed by atoms with Gasteiger partial charge in [0.1, 0.15) is 24.0 Å². The molecule has 0 aliphatic rings. The van der Waals surface area contributed by atoms with E-state index in [4.69, 9.17) is 13.9 Å². The summed E-state index contributed by atoms with van der Waals surface area (Å²) in [6.07, 6.45) is 0.0592. The molecule has 1 amide bonds. The van der Waals surface area contributed by atoms with E-state index < -0.39 is 23.7 Å². The number of benzene rings is 3. The number of nitrogens with one attached hydrogen (secondary N) is 1. The Morgan fingerprint density at radius 2 is 1.54 bits per heavy atom. The average molecular weight is 500 g/mol. The molecule has 4 rings (SSSR count). The molecule has 0 saturated heterocycles. The van der Waals surface area contributed by atoms with E-state index in [2.05, 4.69) is 5.32 Å². The first kappa shape index (κ1) is 25.7. The molecule has 0 aliphatic heterocycles. The number of rotatable bonds is 8. The Kier molecular flexibility index (Phi) is 8.03. The van der Waals surface area contributed by atoms with Crippen LogP contribution in [0.15, 0.2) is 82.0 Å². The van der Waals surface area contributed by atoms with Gasteiger partial charge in [-0.15, -0.1) is 0 Å². The lowest BCUT2D eigenvalue weighted by molar-refractivity contribution is -0.136. The van der Waals surface area contributed by atoms with E-state index in [0.717, 1.165) is 22.1 Å². The third-order valence-electron chi connectivity index (χ3n) is 6.29. The van der Waals surface area contributed by atoms with Crippen molar-refractivity contribution < 1.29 is 23.5 Å². The first-order valence-corrected chi connectivity index (χ1v) is 12.2. The van der Waals surface area contributed by atoms with Crippen LogP contribution in [-0.2, 0) is 22.6 Å². The highest BCUT2D eigenvalue weighted by atomic mass is 16.6. The minimum absolute atomic E-state index is 0.0899. The maximum atomic E-state index is 12.8. The fourth-order valence-corrected chi connectivity index (χ4v) is 4.10. The van der Waals surface area contributed by atoms with Gasteiger partial charge in [-0.2, -0.15) is 0 Å². The zero-order chi connectivity index (χ0) is 26.4.